The van der Waals surface area contributed by atoms with E-state index in [1.165, 1.54) is 25.7 Å². The largest absolute Gasteiger partial charge is 0.175 e. The van der Waals surface area contributed by atoms with Crippen molar-refractivity contribution in [3.63, 3.8) is 0 Å². The summed E-state index contributed by atoms with van der Waals surface area (Å²) in [5.74, 6) is 1.14. The number of aromatic nitrogens is 2. The van der Waals surface area contributed by atoms with Crippen molar-refractivity contribution in [1.82, 2.24) is 10.2 Å². The van der Waals surface area contributed by atoms with Crippen LogP contribution in [-0.4, -0.2) is 27.5 Å². The summed E-state index contributed by atoms with van der Waals surface area (Å²) in [6.45, 7) is 4.54. The predicted octanol–water partition coefficient (Wildman–Crippen LogP) is 5.33. The van der Waals surface area contributed by atoms with Gasteiger partial charge in [0.2, 0.25) is 0 Å². The number of hydrogen-bond donors (Lipinski definition) is 0. The monoisotopic (exact) mass is 368 g/mol. The van der Waals surface area contributed by atoms with Crippen LogP contribution in [0, 0.1) is 5.41 Å². The number of rotatable bonds is 9. The van der Waals surface area contributed by atoms with Crippen LogP contribution in [0.5, 0.6) is 0 Å². The van der Waals surface area contributed by atoms with Gasteiger partial charge in [0, 0.05) is 11.1 Å². The van der Waals surface area contributed by atoms with Crippen molar-refractivity contribution in [1.29, 1.82) is 0 Å². The number of alkyl halides is 1. The smallest absolute Gasteiger partial charge is 0.131 e. The van der Waals surface area contributed by atoms with Crippen molar-refractivity contribution in [2.75, 3.05) is 17.3 Å². The summed E-state index contributed by atoms with van der Waals surface area (Å²) in [7, 11) is 0. The zero-order valence-electron chi connectivity index (χ0n) is 11.2. The quantitative estimate of drug-likeness (QED) is 0.434. The highest BCUT2D eigenvalue weighted by Crippen LogP contribution is 2.39. The van der Waals surface area contributed by atoms with Gasteiger partial charge in [-0.25, -0.2) is 0 Å². The van der Waals surface area contributed by atoms with E-state index in [1.807, 2.05) is 18.0 Å². The van der Waals surface area contributed by atoms with Crippen LogP contribution in [0.2, 0.25) is 0 Å². The molecule has 0 saturated heterocycles. The summed E-state index contributed by atoms with van der Waals surface area (Å²) in [6, 6.07) is 0. The van der Waals surface area contributed by atoms with Gasteiger partial charge in [-0.2, -0.15) is 0 Å². The lowest BCUT2D eigenvalue weighted by molar-refractivity contribution is 0.320. The van der Waals surface area contributed by atoms with E-state index < -0.39 is 0 Å². The van der Waals surface area contributed by atoms with E-state index in [-0.39, 0.29) is 0 Å². The summed E-state index contributed by atoms with van der Waals surface area (Å²) in [4.78, 5) is 0. The van der Waals surface area contributed by atoms with Gasteiger partial charge in [-0.15, -0.1) is 10.2 Å². The highest BCUT2D eigenvalue weighted by atomic mass is 79.9. The van der Waals surface area contributed by atoms with Crippen LogP contribution in [0.15, 0.2) is 8.68 Å². The lowest BCUT2D eigenvalue weighted by Gasteiger charge is -2.30. The molecule has 2 nitrogen and oxygen atoms in total. The maximum Gasteiger partial charge on any atom is 0.175 e. The molecule has 0 unspecified atom stereocenters. The molecule has 0 aliphatic heterocycles. The highest BCUT2D eigenvalue weighted by molar-refractivity contribution is 9.09. The average Bonchev–Trinajstić information content (AvgIpc) is 2.84. The maximum atomic E-state index is 4.24. The van der Waals surface area contributed by atoms with Crippen molar-refractivity contribution >= 4 is 50.8 Å². The summed E-state index contributed by atoms with van der Waals surface area (Å²) in [6.07, 6.45) is 7.11. The van der Waals surface area contributed by atoms with Gasteiger partial charge in [-0.3, -0.25) is 0 Å². The Kier molecular flexibility index (Phi) is 8.23. The number of nitrogens with zero attached hydrogens (tertiary/aromatic N) is 2. The molecule has 18 heavy (non-hydrogen) atoms. The fraction of sp³-hybridized carbons (Fsp3) is 0.833. The van der Waals surface area contributed by atoms with Gasteiger partial charge >= 0.3 is 0 Å². The van der Waals surface area contributed by atoms with Crippen molar-refractivity contribution < 1.29 is 0 Å². The van der Waals surface area contributed by atoms with Crippen LogP contribution in [0.4, 0.5) is 0 Å². The van der Waals surface area contributed by atoms with E-state index in [1.54, 1.807) is 23.1 Å². The number of halogens is 1. The third kappa shape index (κ3) is 5.02. The summed E-state index contributed by atoms with van der Waals surface area (Å²) >= 11 is 8.97. The van der Waals surface area contributed by atoms with E-state index in [4.69, 9.17) is 0 Å². The van der Waals surface area contributed by atoms with Crippen molar-refractivity contribution in [3.8, 4) is 0 Å². The molecule has 0 N–H and O–H groups in total. The van der Waals surface area contributed by atoms with E-state index in [9.17, 15) is 0 Å². The molecule has 0 saturated carbocycles. The molecule has 1 aromatic rings. The minimum atomic E-state index is 0.416. The van der Waals surface area contributed by atoms with Crippen molar-refractivity contribution in [3.05, 3.63) is 0 Å². The first-order valence-corrected chi connectivity index (χ1v) is 10.4. The minimum Gasteiger partial charge on any atom is -0.131 e. The molecule has 0 atom stereocenters. The van der Waals surface area contributed by atoms with Crippen LogP contribution < -0.4 is 0 Å². The molecule has 1 rings (SSSR count). The lowest BCUT2D eigenvalue weighted by Crippen LogP contribution is -2.25. The fourth-order valence-corrected chi connectivity index (χ4v) is 5.81. The predicted molar refractivity (Wildman–Crippen MR) is 88.5 cm³/mol. The molecule has 6 heteroatoms. The molecule has 0 fully saturated rings. The van der Waals surface area contributed by atoms with Gasteiger partial charge in [-0.05, 0) is 24.5 Å². The molecule has 104 valence electrons. The molecule has 1 heterocycles. The van der Waals surface area contributed by atoms with Gasteiger partial charge in [0.25, 0.3) is 0 Å². The number of thioether (sulfide) groups is 2. The topological polar surface area (TPSA) is 25.8 Å². The van der Waals surface area contributed by atoms with E-state index >= 15 is 0 Å². The Labute approximate surface area is 131 Å². The zero-order chi connectivity index (χ0) is 13.4. The third-order valence-electron chi connectivity index (χ3n) is 2.91. The van der Waals surface area contributed by atoms with Crippen molar-refractivity contribution in [2.45, 2.75) is 48.2 Å². The normalized spacial score (nSPS) is 12.0. The summed E-state index contributed by atoms with van der Waals surface area (Å²) in [5, 5.41) is 9.48. The molecule has 1 aromatic heterocycles. The van der Waals surface area contributed by atoms with Crippen LogP contribution in [0.25, 0.3) is 0 Å². The minimum absolute atomic E-state index is 0.416. The van der Waals surface area contributed by atoms with Crippen LogP contribution in [-0.2, 0) is 0 Å². The first kappa shape index (κ1) is 16.8. The van der Waals surface area contributed by atoms with Gasteiger partial charge in [-0.1, -0.05) is 77.5 Å². The summed E-state index contributed by atoms with van der Waals surface area (Å²) in [5.41, 5.74) is 0.416. The van der Waals surface area contributed by atoms with Gasteiger partial charge in [0.05, 0.1) is 0 Å². The molecule has 0 aromatic carbocycles. The fourth-order valence-electron chi connectivity index (χ4n) is 2.06. The highest BCUT2D eigenvalue weighted by Gasteiger charge is 2.27. The molecule has 0 bridgehead atoms. The first-order valence-electron chi connectivity index (χ1n) is 6.26. The SMILES string of the molecule is CCCC(CBr)(CCC)CSc1nnc(SC)s1. The Balaban J connectivity index is 2.60. The van der Waals surface area contributed by atoms with E-state index in [2.05, 4.69) is 40.0 Å². The molecule has 0 spiro atoms. The Morgan fingerprint density at radius 1 is 1.17 bits per heavy atom. The zero-order valence-corrected chi connectivity index (χ0v) is 15.3. The Hall–Kier alpha value is 0.740. The molecule has 0 aliphatic rings. The maximum absolute atomic E-state index is 4.24. The third-order valence-corrected chi connectivity index (χ3v) is 7.48. The molecule has 0 radical (unpaired) electrons. The standard InChI is InChI=1S/C12H21BrN2S3/c1-4-6-12(8-13,7-5-2)9-17-11-15-14-10(16-3)18-11/h4-9H2,1-3H3. The van der Waals surface area contributed by atoms with Crippen LogP contribution in [0.1, 0.15) is 39.5 Å². The molecular formula is C12H21BrN2S3. The summed E-state index contributed by atoms with van der Waals surface area (Å²) < 4.78 is 2.17. The number of hydrogen-bond acceptors (Lipinski definition) is 5. The first-order chi connectivity index (χ1) is 8.69. The van der Waals surface area contributed by atoms with E-state index in [0.29, 0.717) is 5.41 Å². The van der Waals surface area contributed by atoms with Crippen LogP contribution >= 0.6 is 50.8 Å². The van der Waals surface area contributed by atoms with E-state index in [0.717, 1.165) is 19.8 Å². The Bertz CT molecular complexity index is 338. The Morgan fingerprint density at radius 3 is 2.22 bits per heavy atom. The second kappa shape index (κ2) is 8.82. The second-order valence-corrected chi connectivity index (χ2v) is 8.27. The molecule has 0 aliphatic carbocycles. The average molecular weight is 369 g/mol. The Morgan fingerprint density at radius 2 is 1.78 bits per heavy atom. The second-order valence-electron chi connectivity index (χ2n) is 4.46. The van der Waals surface area contributed by atoms with Gasteiger partial charge in [0.1, 0.15) is 0 Å². The lowest BCUT2D eigenvalue weighted by atomic mass is 9.83. The van der Waals surface area contributed by atoms with Gasteiger partial charge < -0.3 is 0 Å². The van der Waals surface area contributed by atoms with Crippen LogP contribution in [0.3, 0.4) is 0 Å². The molecular weight excluding hydrogens is 348 g/mol. The van der Waals surface area contributed by atoms with Gasteiger partial charge in [0.15, 0.2) is 8.68 Å². The molecule has 0 amide bonds. The van der Waals surface area contributed by atoms with Crippen molar-refractivity contribution in [2.24, 2.45) is 5.41 Å².